The maximum Gasteiger partial charge on any atom is -0.00994 e. The maximum atomic E-state index is 2.33. The van der Waals surface area contributed by atoms with Gasteiger partial charge in [-0.2, -0.15) is 0 Å². The quantitative estimate of drug-likeness (QED) is 0.436. The Morgan fingerprint density at radius 3 is 1.54 bits per heavy atom. The van der Waals surface area contributed by atoms with Gasteiger partial charge in [-0.1, -0.05) is 132 Å². The first kappa shape index (κ1) is 20.1. The van der Waals surface area contributed by atoms with Crippen LogP contribution in [-0.2, 0) is 0 Å². The van der Waals surface area contributed by atoms with Gasteiger partial charge >= 0.3 is 0 Å². The van der Waals surface area contributed by atoms with Gasteiger partial charge in [-0.25, -0.2) is 0 Å². The molecule has 0 atom stereocenters. The molecule has 0 N–H and O–H groups in total. The Morgan fingerprint density at radius 1 is 0.536 bits per heavy atom. The second kappa shape index (κ2) is 7.80. The van der Waals surface area contributed by atoms with Crippen LogP contribution in [0.5, 0.6) is 0 Å². The predicted octanol–water partition coefficient (Wildman–Crippen LogP) is 8.25. The fraction of sp³-hybridized carbons (Fsp3) is 0.286. The minimum absolute atomic E-state index is 0.0488. The molecule has 0 aliphatic rings. The molecule has 3 aromatic rings. The summed E-state index contributed by atoms with van der Waals surface area (Å²) in [6.07, 6.45) is 0. The van der Waals surface area contributed by atoms with Crippen LogP contribution in [0.3, 0.4) is 0 Å². The molecule has 0 bridgehead atoms. The minimum Gasteiger partial charge on any atom is -0.0622 e. The number of benzene rings is 3. The van der Waals surface area contributed by atoms with Crippen LogP contribution in [0.4, 0.5) is 0 Å². The summed E-state index contributed by atoms with van der Waals surface area (Å²) >= 11 is 0. The summed E-state index contributed by atoms with van der Waals surface area (Å²) in [7, 11) is 0. The molecule has 0 fully saturated rings. The fourth-order valence-corrected chi connectivity index (χ4v) is 4.48. The molecule has 0 amide bonds. The van der Waals surface area contributed by atoms with Crippen molar-refractivity contribution >= 4 is 5.57 Å². The van der Waals surface area contributed by atoms with Crippen LogP contribution >= 0.6 is 0 Å². The van der Waals surface area contributed by atoms with Crippen LogP contribution in [0.25, 0.3) is 16.7 Å². The van der Waals surface area contributed by atoms with Gasteiger partial charge in [-0.3, -0.25) is 0 Å². The number of allylic oxidation sites excluding steroid dienone is 1. The molecule has 144 valence electrons. The summed E-state index contributed by atoms with van der Waals surface area (Å²) in [5.74, 6) is 0. The van der Waals surface area contributed by atoms with Crippen molar-refractivity contribution in [2.75, 3.05) is 0 Å². The molecule has 0 radical (unpaired) electrons. The van der Waals surface area contributed by atoms with E-state index in [1.54, 1.807) is 0 Å². The molecule has 0 heterocycles. The molecule has 3 aromatic carbocycles. The Kier molecular flexibility index (Phi) is 5.61. The van der Waals surface area contributed by atoms with Crippen molar-refractivity contribution in [3.05, 3.63) is 102 Å². The first-order valence-corrected chi connectivity index (χ1v) is 10.1. The van der Waals surface area contributed by atoms with Crippen molar-refractivity contribution in [2.24, 2.45) is 10.8 Å². The Hall–Kier alpha value is -2.60. The Balaban J connectivity index is 2.43. The summed E-state index contributed by atoms with van der Waals surface area (Å²) in [6.45, 7) is 14.0. The van der Waals surface area contributed by atoms with Crippen LogP contribution in [0.15, 0.2) is 90.5 Å². The Bertz CT molecular complexity index is 930. The Labute approximate surface area is 171 Å². The molecule has 0 nitrogen and oxygen atoms in total. The van der Waals surface area contributed by atoms with E-state index >= 15 is 0 Å². The third kappa shape index (κ3) is 4.28. The van der Waals surface area contributed by atoms with E-state index in [4.69, 9.17) is 0 Å². The van der Waals surface area contributed by atoms with E-state index in [2.05, 4.69) is 126 Å². The zero-order chi connectivity index (χ0) is 20.4. The van der Waals surface area contributed by atoms with Gasteiger partial charge in [0.2, 0.25) is 0 Å². The molecule has 0 spiro atoms. The Morgan fingerprint density at radius 2 is 1.00 bits per heavy atom. The summed E-state index contributed by atoms with van der Waals surface area (Å²) in [5.41, 5.74) is 8.07. The normalized spacial score (nSPS) is 11.9. The molecule has 0 saturated carbocycles. The second-order valence-electron chi connectivity index (χ2n) is 9.53. The van der Waals surface area contributed by atoms with Crippen LogP contribution < -0.4 is 0 Å². The fourth-order valence-electron chi connectivity index (χ4n) is 4.48. The van der Waals surface area contributed by atoms with E-state index in [-0.39, 0.29) is 10.8 Å². The topological polar surface area (TPSA) is 0 Å². The van der Waals surface area contributed by atoms with E-state index in [0.717, 1.165) is 0 Å². The first-order chi connectivity index (χ1) is 13.2. The van der Waals surface area contributed by atoms with Gasteiger partial charge in [0.1, 0.15) is 0 Å². The highest BCUT2D eigenvalue weighted by Crippen LogP contribution is 2.47. The molecule has 0 heteroatoms. The zero-order valence-electron chi connectivity index (χ0n) is 18.1. The highest BCUT2D eigenvalue weighted by Gasteiger charge is 2.32. The van der Waals surface area contributed by atoms with Gasteiger partial charge in [0.15, 0.2) is 0 Å². The van der Waals surface area contributed by atoms with Crippen molar-refractivity contribution < 1.29 is 0 Å². The van der Waals surface area contributed by atoms with Crippen molar-refractivity contribution in [2.45, 2.75) is 41.5 Å². The van der Waals surface area contributed by atoms with E-state index in [9.17, 15) is 0 Å². The van der Waals surface area contributed by atoms with Crippen molar-refractivity contribution in [3.63, 3.8) is 0 Å². The number of hydrogen-bond acceptors (Lipinski definition) is 0. The molecule has 28 heavy (non-hydrogen) atoms. The molecular weight excluding hydrogens is 336 g/mol. The maximum absolute atomic E-state index is 2.33. The monoisotopic (exact) mass is 368 g/mol. The van der Waals surface area contributed by atoms with Crippen LogP contribution in [0.2, 0.25) is 0 Å². The van der Waals surface area contributed by atoms with E-state index < -0.39 is 0 Å². The molecule has 0 aromatic heterocycles. The molecule has 0 saturated heterocycles. The van der Waals surface area contributed by atoms with Crippen molar-refractivity contribution in [3.8, 4) is 11.1 Å². The van der Waals surface area contributed by atoms with E-state index in [0.29, 0.717) is 0 Å². The van der Waals surface area contributed by atoms with Crippen LogP contribution in [0, 0.1) is 10.8 Å². The van der Waals surface area contributed by atoms with Gasteiger partial charge in [-0.15, -0.1) is 0 Å². The molecule has 0 unspecified atom stereocenters. The first-order valence-electron chi connectivity index (χ1n) is 10.1. The largest absolute Gasteiger partial charge is 0.0622 e. The molecule has 3 rings (SSSR count). The predicted molar refractivity (Wildman–Crippen MR) is 123 cm³/mol. The standard InChI is InChI=1S/C28H32/c1-27(2,3)26(28(4,5)6)25(22-17-11-8-12-18-22)24-20-14-13-19-23(24)21-15-9-7-10-16-21/h7-20H,1-6H3. The molecule has 0 aliphatic heterocycles. The van der Waals surface area contributed by atoms with Crippen LogP contribution in [0.1, 0.15) is 52.7 Å². The smallest absolute Gasteiger partial charge is 0.00994 e. The van der Waals surface area contributed by atoms with Gasteiger partial charge in [0, 0.05) is 0 Å². The molecule has 0 aliphatic carbocycles. The number of hydrogen-bond donors (Lipinski definition) is 0. The zero-order valence-corrected chi connectivity index (χ0v) is 18.1. The summed E-state index contributed by atoms with van der Waals surface area (Å²) in [4.78, 5) is 0. The average molecular weight is 369 g/mol. The van der Waals surface area contributed by atoms with Crippen molar-refractivity contribution in [1.82, 2.24) is 0 Å². The van der Waals surface area contributed by atoms with Gasteiger partial charge in [-0.05, 0) is 38.7 Å². The lowest BCUT2D eigenvalue weighted by Gasteiger charge is -2.37. The lowest BCUT2D eigenvalue weighted by molar-refractivity contribution is 0.365. The summed E-state index contributed by atoms with van der Waals surface area (Å²) < 4.78 is 0. The average Bonchev–Trinajstić information content (AvgIpc) is 2.65. The van der Waals surface area contributed by atoms with Gasteiger partial charge < -0.3 is 0 Å². The van der Waals surface area contributed by atoms with E-state index in [1.165, 1.54) is 33.4 Å². The van der Waals surface area contributed by atoms with Gasteiger partial charge in [0.05, 0.1) is 0 Å². The third-order valence-corrected chi connectivity index (χ3v) is 5.09. The second-order valence-corrected chi connectivity index (χ2v) is 9.53. The minimum atomic E-state index is 0.0488. The lowest BCUT2D eigenvalue weighted by Crippen LogP contribution is -2.24. The number of rotatable bonds is 3. The summed E-state index contributed by atoms with van der Waals surface area (Å²) in [6, 6.07) is 30.4. The van der Waals surface area contributed by atoms with Crippen LogP contribution in [-0.4, -0.2) is 0 Å². The highest BCUT2D eigenvalue weighted by molar-refractivity contribution is 5.91. The highest BCUT2D eigenvalue weighted by atomic mass is 14.4. The summed E-state index contributed by atoms with van der Waals surface area (Å²) in [5, 5.41) is 0. The SMILES string of the molecule is CC(C)(C)C(=C(c1ccccc1)c1ccccc1-c1ccccc1)C(C)(C)C. The van der Waals surface area contributed by atoms with Crippen molar-refractivity contribution in [1.29, 1.82) is 0 Å². The molecular formula is C28H32. The van der Waals surface area contributed by atoms with Gasteiger partial charge in [0.25, 0.3) is 0 Å². The lowest BCUT2D eigenvalue weighted by atomic mass is 9.67. The van der Waals surface area contributed by atoms with E-state index in [1.807, 2.05) is 0 Å². The third-order valence-electron chi connectivity index (χ3n) is 5.09.